The molecule has 0 fully saturated rings. The van der Waals surface area contributed by atoms with Crippen molar-refractivity contribution in [1.82, 2.24) is 10.6 Å². The van der Waals surface area contributed by atoms with E-state index in [1.807, 2.05) is 48.5 Å². The van der Waals surface area contributed by atoms with Gasteiger partial charge in [0.2, 0.25) is 0 Å². The summed E-state index contributed by atoms with van der Waals surface area (Å²) in [5, 5.41) is 6.05. The molecule has 27 heavy (non-hydrogen) atoms. The third-order valence-electron chi connectivity index (χ3n) is 5.03. The van der Waals surface area contributed by atoms with E-state index < -0.39 is 0 Å². The Hall–Kier alpha value is -3.21. The van der Waals surface area contributed by atoms with Gasteiger partial charge in [0.1, 0.15) is 11.5 Å². The number of nitrogens with one attached hydrogen (secondary N) is 2. The Kier molecular flexibility index (Phi) is 4.59. The number of rotatable bonds is 4. The minimum Gasteiger partial charge on any atom is -0.497 e. The first-order valence-corrected chi connectivity index (χ1v) is 8.97. The molecule has 0 bridgehead atoms. The SMILES string of the molecule is COc1cccc(/C=C2/CCC3=C2NC(=O)NC3c2cccc(OC)c2)c1. The molecule has 4 rings (SSSR count). The number of carbonyl (C=O) groups excluding carboxylic acids is 1. The number of methoxy groups -OCH3 is 2. The molecular formula is C22H22N2O3. The van der Waals surface area contributed by atoms with Gasteiger partial charge >= 0.3 is 6.03 Å². The Morgan fingerprint density at radius 3 is 2.52 bits per heavy atom. The quantitative estimate of drug-likeness (QED) is 0.857. The fourth-order valence-electron chi connectivity index (χ4n) is 3.73. The minimum atomic E-state index is -0.181. The van der Waals surface area contributed by atoms with Crippen LogP contribution in [0.1, 0.15) is 30.0 Å². The molecule has 5 nitrogen and oxygen atoms in total. The summed E-state index contributed by atoms with van der Waals surface area (Å²) in [5.41, 5.74) is 5.37. The monoisotopic (exact) mass is 362 g/mol. The molecule has 2 aromatic rings. The van der Waals surface area contributed by atoms with Crippen LogP contribution in [0.25, 0.3) is 6.08 Å². The number of hydrogen-bond donors (Lipinski definition) is 2. The lowest BCUT2D eigenvalue weighted by Crippen LogP contribution is -2.43. The van der Waals surface area contributed by atoms with Crippen LogP contribution in [-0.4, -0.2) is 20.3 Å². The van der Waals surface area contributed by atoms with Gasteiger partial charge in [-0.05, 0) is 65.5 Å². The second-order valence-electron chi connectivity index (χ2n) is 6.65. The number of carbonyl (C=O) groups is 1. The summed E-state index contributed by atoms with van der Waals surface area (Å²) in [6, 6.07) is 15.5. The van der Waals surface area contributed by atoms with E-state index in [0.29, 0.717) is 0 Å². The first-order valence-electron chi connectivity index (χ1n) is 8.97. The van der Waals surface area contributed by atoms with Crippen LogP contribution in [-0.2, 0) is 0 Å². The van der Waals surface area contributed by atoms with Crippen molar-refractivity contribution >= 4 is 12.1 Å². The van der Waals surface area contributed by atoms with Crippen molar-refractivity contribution in [3.63, 3.8) is 0 Å². The summed E-state index contributed by atoms with van der Waals surface area (Å²) in [4.78, 5) is 12.3. The summed E-state index contributed by atoms with van der Waals surface area (Å²) in [6.45, 7) is 0. The van der Waals surface area contributed by atoms with Gasteiger partial charge in [0.05, 0.1) is 20.3 Å². The third-order valence-corrected chi connectivity index (χ3v) is 5.03. The van der Waals surface area contributed by atoms with Crippen LogP contribution in [0.15, 0.2) is 65.4 Å². The maximum atomic E-state index is 12.3. The zero-order chi connectivity index (χ0) is 18.8. The van der Waals surface area contributed by atoms with E-state index in [9.17, 15) is 4.79 Å². The Morgan fingerprint density at radius 1 is 1.00 bits per heavy atom. The zero-order valence-corrected chi connectivity index (χ0v) is 15.4. The van der Waals surface area contributed by atoms with Crippen molar-refractivity contribution in [1.29, 1.82) is 0 Å². The van der Waals surface area contributed by atoms with Gasteiger partial charge in [-0.2, -0.15) is 0 Å². The van der Waals surface area contributed by atoms with Crippen molar-refractivity contribution in [2.75, 3.05) is 14.2 Å². The Bertz CT molecular complexity index is 946. The van der Waals surface area contributed by atoms with Gasteiger partial charge in [-0.25, -0.2) is 4.79 Å². The molecule has 0 radical (unpaired) electrons. The predicted octanol–water partition coefficient (Wildman–Crippen LogP) is 4.19. The lowest BCUT2D eigenvalue weighted by molar-refractivity contribution is 0.239. The highest BCUT2D eigenvalue weighted by Crippen LogP contribution is 2.40. The summed E-state index contributed by atoms with van der Waals surface area (Å²) in [5.74, 6) is 1.60. The van der Waals surface area contributed by atoms with Crippen molar-refractivity contribution < 1.29 is 14.3 Å². The van der Waals surface area contributed by atoms with Gasteiger partial charge in [-0.3, -0.25) is 0 Å². The molecule has 1 aliphatic heterocycles. The van der Waals surface area contributed by atoms with Crippen LogP contribution in [0.5, 0.6) is 11.5 Å². The largest absolute Gasteiger partial charge is 0.497 e. The number of urea groups is 1. The van der Waals surface area contributed by atoms with Crippen LogP contribution >= 0.6 is 0 Å². The molecule has 1 heterocycles. The molecular weight excluding hydrogens is 340 g/mol. The molecule has 138 valence electrons. The van der Waals surface area contributed by atoms with Crippen LogP contribution in [0.3, 0.4) is 0 Å². The van der Waals surface area contributed by atoms with E-state index >= 15 is 0 Å². The van der Waals surface area contributed by atoms with Gasteiger partial charge in [0.25, 0.3) is 0 Å². The molecule has 1 aliphatic carbocycles. The minimum absolute atomic E-state index is 0.139. The predicted molar refractivity (Wildman–Crippen MR) is 105 cm³/mol. The van der Waals surface area contributed by atoms with Gasteiger partial charge < -0.3 is 20.1 Å². The van der Waals surface area contributed by atoms with E-state index in [-0.39, 0.29) is 12.1 Å². The number of ether oxygens (including phenoxy) is 2. The van der Waals surface area contributed by atoms with Crippen molar-refractivity contribution in [3.05, 3.63) is 76.5 Å². The van der Waals surface area contributed by atoms with E-state index in [2.05, 4.69) is 16.7 Å². The highest BCUT2D eigenvalue weighted by molar-refractivity contribution is 5.82. The molecule has 5 heteroatoms. The lowest BCUT2D eigenvalue weighted by Gasteiger charge is -2.27. The van der Waals surface area contributed by atoms with Gasteiger partial charge in [0.15, 0.2) is 0 Å². The first kappa shape index (κ1) is 17.2. The van der Waals surface area contributed by atoms with Gasteiger partial charge in [-0.15, -0.1) is 0 Å². The molecule has 2 aromatic carbocycles. The van der Waals surface area contributed by atoms with Crippen molar-refractivity contribution in [2.45, 2.75) is 18.9 Å². The average Bonchev–Trinajstić information content (AvgIpc) is 3.10. The number of allylic oxidation sites excluding steroid dienone is 1. The Balaban J connectivity index is 1.71. The second-order valence-corrected chi connectivity index (χ2v) is 6.65. The van der Waals surface area contributed by atoms with Crippen molar-refractivity contribution in [3.8, 4) is 11.5 Å². The van der Waals surface area contributed by atoms with Gasteiger partial charge in [-0.1, -0.05) is 24.3 Å². The van der Waals surface area contributed by atoms with E-state index in [1.54, 1.807) is 14.2 Å². The highest BCUT2D eigenvalue weighted by Gasteiger charge is 2.33. The summed E-state index contributed by atoms with van der Waals surface area (Å²) in [6.07, 6.45) is 3.92. The molecule has 0 saturated carbocycles. The van der Waals surface area contributed by atoms with Crippen molar-refractivity contribution in [2.24, 2.45) is 0 Å². The van der Waals surface area contributed by atoms with E-state index in [1.165, 1.54) is 5.57 Å². The lowest BCUT2D eigenvalue weighted by atomic mass is 9.96. The second kappa shape index (κ2) is 7.19. The summed E-state index contributed by atoms with van der Waals surface area (Å²) in [7, 11) is 3.31. The smallest absolute Gasteiger partial charge is 0.319 e. The fraction of sp³-hybridized carbons (Fsp3) is 0.227. The molecule has 2 aliphatic rings. The number of hydrogen-bond acceptors (Lipinski definition) is 3. The standard InChI is InChI=1S/C22H22N2O3/c1-26-17-7-3-5-14(12-17)11-16-9-10-19-20(23-22(25)24-21(16)19)15-6-4-8-18(13-15)27-2/h3-8,11-13,20H,9-10H2,1-2H3,(H2,23,24,25)/b16-11-. The Morgan fingerprint density at radius 2 is 1.74 bits per heavy atom. The summed E-state index contributed by atoms with van der Waals surface area (Å²) < 4.78 is 10.6. The molecule has 2 amide bonds. The number of benzene rings is 2. The normalized spacial score (nSPS) is 20.1. The first-order chi connectivity index (χ1) is 13.2. The van der Waals surface area contributed by atoms with E-state index in [0.717, 1.165) is 46.7 Å². The number of amides is 2. The molecule has 1 unspecified atom stereocenters. The van der Waals surface area contributed by atoms with Crippen LogP contribution in [0, 0.1) is 0 Å². The zero-order valence-electron chi connectivity index (χ0n) is 15.4. The third kappa shape index (κ3) is 3.40. The highest BCUT2D eigenvalue weighted by atomic mass is 16.5. The maximum Gasteiger partial charge on any atom is 0.319 e. The Labute approximate surface area is 158 Å². The van der Waals surface area contributed by atoms with Crippen LogP contribution < -0.4 is 20.1 Å². The van der Waals surface area contributed by atoms with Crippen LogP contribution in [0.2, 0.25) is 0 Å². The fourth-order valence-corrected chi connectivity index (χ4v) is 3.73. The molecule has 0 aromatic heterocycles. The topological polar surface area (TPSA) is 59.6 Å². The molecule has 0 saturated heterocycles. The maximum absolute atomic E-state index is 12.3. The van der Waals surface area contributed by atoms with E-state index in [4.69, 9.17) is 9.47 Å². The van der Waals surface area contributed by atoms with Gasteiger partial charge in [0, 0.05) is 5.70 Å². The molecule has 0 spiro atoms. The summed E-state index contributed by atoms with van der Waals surface area (Å²) >= 11 is 0. The van der Waals surface area contributed by atoms with Crippen LogP contribution in [0.4, 0.5) is 4.79 Å². The molecule has 2 N–H and O–H groups in total. The average molecular weight is 362 g/mol. The molecule has 1 atom stereocenters.